The van der Waals surface area contributed by atoms with Gasteiger partial charge in [-0.25, -0.2) is 0 Å². The molecule has 2 unspecified atom stereocenters. The van der Waals surface area contributed by atoms with E-state index in [9.17, 15) is 10.1 Å². The first-order chi connectivity index (χ1) is 9.60. The highest BCUT2D eigenvalue weighted by molar-refractivity contribution is 5.49. The number of hydrogen-bond donors (Lipinski definition) is 1. The van der Waals surface area contributed by atoms with E-state index in [0.717, 1.165) is 19.3 Å². The van der Waals surface area contributed by atoms with Gasteiger partial charge in [0, 0.05) is 12.6 Å². The number of nitrogens with zero attached hydrogens (tertiary/aromatic N) is 2. The maximum absolute atomic E-state index is 11.1. The number of hydrogen-bond acceptors (Lipinski definition) is 5. The van der Waals surface area contributed by atoms with Crippen LogP contribution in [0.3, 0.4) is 0 Å². The van der Waals surface area contributed by atoms with Crippen molar-refractivity contribution in [1.29, 1.82) is 0 Å². The molecule has 2 rings (SSSR count). The molecule has 1 fully saturated rings. The summed E-state index contributed by atoms with van der Waals surface area (Å²) in [6, 6.07) is 3.06. The summed E-state index contributed by atoms with van der Waals surface area (Å²) in [4.78, 5) is 14.8. The Bertz CT molecular complexity index is 479. The highest BCUT2D eigenvalue weighted by Gasteiger charge is 2.25. The summed E-state index contributed by atoms with van der Waals surface area (Å²) >= 11 is 0. The van der Waals surface area contributed by atoms with Gasteiger partial charge < -0.3 is 10.1 Å². The molecule has 0 spiro atoms. The Morgan fingerprint density at radius 1 is 1.50 bits per heavy atom. The first kappa shape index (κ1) is 14.6. The Labute approximate surface area is 118 Å². The topological polar surface area (TPSA) is 77.3 Å². The lowest BCUT2D eigenvalue weighted by atomic mass is 9.89. The minimum atomic E-state index is -0.440. The van der Waals surface area contributed by atoms with Gasteiger partial charge in [-0.3, -0.25) is 10.1 Å². The van der Waals surface area contributed by atoms with Gasteiger partial charge in [0.1, 0.15) is 11.9 Å². The van der Waals surface area contributed by atoms with Crippen molar-refractivity contribution in [2.75, 3.05) is 11.9 Å². The third-order valence-electron chi connectivity index (χ3n) is 3.56. The molecule has 0 saturated heterocycles. The number of aromatic nitrogens is 1. The van der Waals surface area contributed by atoms with Gasteiger partial charge in [0.05, 0.1) is 4.92 Å². The third-order valence-corrected chi connectivity index (χ3v) is 3.56. The standard InChI is InChI=1S/C14H21N3O3/c1-3-15-13-8-7-12(17(18)19)14(16-13)20-11-6-4-5-10(2)9-11/h7-8,10-11H,3-6,9H2,1-2H3,(H,15,16). The summed E-state index contributed by atoms with van der Waals surface area (Å²) < 4.78 is 5.81. The molecule has 1 aliphatic carbocycles. The van der Waals surface area contributed by atoms with E-state index < -0.39 is 4.92 Å². The number of rotatable bonds is 5. The molecule has 1 aliphatic rings. The van der Waals surface area contributed by atoms with Crippen molar-refractivity contribution in [3.8, 4) is 5.88 Å². The minimum absolute atomic E-state index is 0.0295. The lowest BCUT2D eigenvalue weighted by Crippen LogP contribution is -2.25. The number of anilines is 1. The van der Waals surface area contributed by atoms with Crippen LogP contribution >= 0.6 is 0 Å². The second kappa shape index (κ2) is 6.54. The Morgan fingerprint density at radius 3 is 2.95 bits per heavy atom. The van der Waals surface area contributed by atoms with Crippen LogP contribution in [0.4, 0.5) is 11.5 Å². The molecular formula is C14H21N3O3. The first-order valence-electron chi connectivity index (χ1n) is 7.16. The van der Waals surface area contributed by atoms with Crippen molar-refractivity contribution in [2.45, 2.75) is 45.6 Å². The van der Waals surface area contributed by atoms with Crippen LogP contribution in [0.5, 0.6) is 5.88 Å². The van der Waals surface area contributed by atoms with Gasteiger partial charge in [-0.1, -0.05) is 13.3 Å². The molecule has 0 radical (unpaired) electrons. The molecule has 110 valence electrons. The summed E-state index contributed by atoms with van der Waals surface area (Å²) in [5.74, 6) is 1.34. The monoisotopic (exact) mass is 279 g/mol. The second-order valence-corrected chi connectivity index (χ2v) is 5.32. The van der Waals surface area contributed by atoms with Crippen LogP contribution in [-0.2, 0) is 0 Å². The van der Waals surface area contributed by atoms with E-state index in [1.165, 1.54) is 12.5 Å². The average molecular weight is 279 g/mol. The van der Waals surface area contributed by atoms with Crippen LogP contribution in [0.15, 0.2) is 12.1 Å². The van der Waals surface area contributed by atoms with Gasteiger partial charge in [0.25, 0.3) is 5.88 Å². The maximum Gasteiger partial charge on any atom is 0.331 e. The average Bonchev–Trinajstić information content (AvgIpc) is 2.39. The molecule has 1 heterocycles. The van der Waals surface area contributed by atoms with Crippen molar-refractivity contribution in [1.82, 2.24) is 4.98 Å². The predicted molar refractivity (Wildman–Crippen MR) is 77.1 cm³/mol. The third kappa shape index (κ3) is 3.59. The molecule has 1 aromatic heterocycles. The maximum atomic E-state index is 11.1. The quantitative estimate of drug-likeness (QED) is 0.660. The van der Waals surface area contributed by atoms with E-state index in [1.54, 1.807) is 6.07 Å². The molecule has 0 bridgehead atoms. The van der Waals surface area contributed by atoms with E-state index >= 15 is 0 Å². The van der Waals surface area contributed by atoms with Crippen molar-refractivity contribution >= 4 is 11.5 Å². The fourth-order valence-electron chi connectivity index (χ4n) is 2.58. The number of nitro groups is 1. The van der Waals surface area contributed by atoms with E-state index in [1.807, 2.05) is 6.92 Å². The zero-order valence-corrected chi connectivity index (χ0v) is 12.0. The van der Waals surface area contributed by atoms with Gasteiger partial charge in [-0.2, -0.15) is 4.98 Å². The van der Waals surface area contributed by atoms with Crippen LogP contribution in [-0.4, -0.2) is 22.6 Å². The molecule has 6 nitrogen and oxygen atoms in total. The summed E-state index contributed by atoms with van der Waals surface area (Å²) in [6.45, 7) is 4.85. The van der Waals surface area contributed by atoms with Crippen LogP contribution in [0.2, 0.25) is 0 Å². The summed E-state index contributed by atoms with van der Waals surface area (Å²) in [6.07, 6.45) is 4.21. The van der Waals surface area contributed by atoms with Crippen molar-refractivity contribution in [2.24, 2.45) is 5.92 Å². The number of nitrogens with one attached hydrogen (secondary N) is 1. The normalized spacial score (nSPS) is 22.3. The molecular weight excluding hydrogens is 258 g/mol. The molecule has 0 amide bonds. The Kier molecular flexibility index (Phi) is 4.76. The van der Waals surface area contributed by atoms with Crippen LogP contribution in [0.1, 0.15) is 39.5 Å². The highest BCUT2D eigenvalue weighted by atomic mass is 16.6. The van der Waals surface area contributed by atoms with Crippen LogP contribution in [0, 0.1) is 16.0 Å². The predicted octanol–water partition coefficient (Wildman–Crippen LogP) is 3.38. The lowest BCUT2D eigenvalue weighted by molar-refractivity contribution is -0.386. The van der Waals surface area contributed by atoms with E-state index in [-0.39, 0.29) is 17.7 Å². The van der Waals surface area contributed by atoms with Crippen molar-refractivity contribution < 1.29 is 9.66 Å². The lowest BCUT2D eigenvalue weighted by Gasteiger charge is -2.26. The molecule has 6 heteroatoms. The summed E-state index contributed by atoms with van der Waals surface area (Å²) in [7, 11) is 0. The SMILES string of the molecule is CCNc1ccc([N+](=O)[O-])c(OC2CCCC(C)C2)n1. The molecule has 1 aromatic rings. The Balaban J connectivity index is 2.18. The van der Waals surface area contributed by atoms with Crippen molar-refractivity contribution in [3.63, 3.8) is 0 Å². The van der Waals surface area contributed by atoms with Gasteiger partial charge in [0.15, 0.2) is 0 Å². The van der Waals surface area contributed by atoms with E-state index in [4.69, 9.17) is 4.74 Å². The van der Waals surface area contributed by atoms with Gasteiger partial charge in [-0.05, 0) is 38.2 Å². The Hall–Kier alpha value is -1.85. The second-order valence-electron chi connectivity index (χ2n) is 5.32. The summed E-state index contributed by atoms with van der Waals surface area (Å²) in [5.41, 5.74) is -0.0649. The number of ether oxygens (including phenoxy) is 1. The molecule has 1 saturated carbocycles. The zero-order valence-electron chi connectivity index (χ0n) is 12.0. The first-order valence-corrected chi connectivity index (χ1v) is 7.16. The Morgan fingerprint density at radius 2 is 2.30 bits per heavy atom. The molecule has 20 heavy (non-hydrogen) atoms. The van der Waals surface area contributed by atoms with Crippen LogP contribution < -0.4 is 10.1 Å². The van der Waals surface area contributed by atoms with E-state index in [2.05, 4.69) is 17.2 Å². The smallest absolute Gasteiger partial charge is 0.331 e. The largest absolute Gasteiger partial charge is 0.469 e. The molecule has 0 aliphatic heterocycles. The highest BCUT2D eigenvalue weighted by Crippen LogP contribution is 2.32. The van der Waals surface area contributed by atoms with Crippen LogP contribution in [0.25, 0.3) is 0 Å². The van der Waals surface area contributed by atoms with E-state index in [0.29, 0.717) is 18.3 Å². The summed E-state index contributed by atoms with van der Waals surface area (Å²) in [5, 5.41) is 14.1. The van der Waals surface area contributed by atoms with Gasteiger partial charge in [-0.15, -0.1) is 0 Å². The fraction of sp³-hybridized carbons (Fsp3) is 0.643. The molecule has 2 atom stereocenters. The molecule has 1 N–H and O–H groups in total. The van der Waals surface area contributed by atoms with Crippen molar-refractivity contribution in [3.05, 3.63) is 22.2 Å². The fourth-order valence-corrected chi connectivity index (χ4v) is 2.58. The minimum Gasteiger partial charge on any atom is -0.469 e. The number of pyridine rings is 1. The molecule has 0 aromatic carbocycles. The zero-order chi connectivity index (χ0) is 14.5. The van der Waals surface area contributed by atoms with Gasteiger partial charge in [0.2, 0.25) is 0 Å². The van der Waals surface area contributed by atoms with Gasteiger partial charge >= 0.3 is 5.69 Å².